The highest BCUT2D eigenvalue weighted by Crippen LogP contribution is 2.26. The van der Waals surface area contributed by atoms with Gasteiger partial charge in [-0.15, -0.1) is 0 Å². The Labute approximate surface area is 127 Å². The summed E-state index contributed by atoms with van der Waals surface area (Å²) in [5.74, 6) is -1.03. The van der Waals surface area contributed by atoms with Gasteiger partial charge in [0.05, 0.1) is 5.92 Å². The zero-order valence-electron chi connectivity index (χ0n) is 12.7. The maximum atomic E-state index is 12.6. The maximum absolute atomic E-state index is 12.6. The SMILES string of the molecule is CN(CC1CCCCC1)S(=O)(=O)N1CCCC(C(=O)O)C1. The Kier molecular flexibility index (Phi) is 5.62. The van der Waals surface area contributed by atoms with Gasteiger partial charge in [0.1, 0.15) is 0 Å². The molecule has 0 radical (unpaired) electrons. The Balaban J connectivity index is 1.97. The van der Waals surface area contributed by atoms with Crippen LogP contribution in [0.1, 0.15) is 44.9 Å². The lowest BCUT2D eigenvalue weighted by atomic mass is 9.89. The van der Waals surface area contributed by atoms with E-state index in [4.69, 9.17) is 5.11 Å². The first-order chi connectivity index (χ1) is 9.91. The summed E-state index contributed by atoms with van der Waals surface area (Å²) >= 11 is 0. The van der Waals surface area contributed by atoms with E-state index in [1.165, 1.54) is 27.9 Å². The van der Waals surface area contributed by atoms with Crippen LogP contribution in [0, 0.1) is 11.8 Å². The monoisotopic (exact) mass is 318 g/mol. The minimum atomic E-state index is -3.52. The number of hydrogen-bond acceptors (Lipinski definition) is 3. The van der Waals surface area contributed by atoms with Crippen molar-refractivity contribution in [3.05, 3.63) is 0 Å². The lowest BCUT2D eigenvalue weighted by Crippen LogP contribution is -2.49. The van der Waals surface area contributed by atoms with Gasteiger partial charge in [-0.2, -0.15) is 17.0 Å². The number of carboxylic acids is 1. The first-order valence-corrected chi connectivity index (χ1v) is 9.25. The maximum Gasteiger partial charge on any atom is 0.307 e. The molecule has 1 atom stereocenters. The van der Waals surface area contributed by atoms with E-state index in [-0.39, 0.29) is 6.54 Å². The molecule has 2 rings (SSSR count). The van der Waals surface area contributed by atoms with Crippen LogP contribution in [0.5, 0.6) is 0 Å². The van der Waals surface area contributed by atoms with Crippen LogP contribution in [0.2, 0.25) is 0 Å². The number of nitrogens with zero attached hydrogens (tertiary/aromatic N) is 2. The Morgan fingerprint density at radius 1 is 1.19 bits per heavy atom. The minimum absolute atomic E-state index is 0.104. The van der Waals surface area contributed by atoms with E-state index in [2.05, 4.69) is 0 Å². The largest absolute Gasteiger partial charge is 0.481 e. The third-order valence-corrected chi connectivity index (χ3v) is 6.61. The van der Waals surface area contributed by atoms with Gasteiger partial charge in [0.2, 0.25) is 0 Å². The molecule has 2 fully saturated rings. The van der Waals surface area contributed by atoms with Gasteiger partial charge in [-0.3, -0.25) is 4.79 Å². The number of carboxylic acid groups (broad SMARTS) is 1. The van der Waals surface area contributed by atoms with E-state index < -0.39 is 22.1 Å². The molecule has 122 valence electrons. The van der Waals surface area contributed by atoms with Gasteiger partial charge in [-0.05, 0) is 31.6 Å². The number of rotatable bonds is 5. The molecule has 7 heteroatoms. The third-order valence-electron chi connectivity index (χ3n) is 4.69. The van der Waals surface area contributed by atoms with Crippen molar-refractivity contribution in [2.24, 2.45) is 11.8 Å². The van der Waals surface area contributed by atoms with Crippen LogP contribution in [0.3, 0.4) is 0 Å². The number of hydrogen-bond donors (Lipinski definition) is 1. The Morgan fingerprint density at radius 3 is 2.48 bits per heavy atom. The molecule has 0 aromatic heterocycles. The molecular formula is C14H26N2O4S. The summed E-state index contributed by atoms with van der Waals surface area (Å²) in [5, 5.41) is 9.09. The van der Waals surface area contributed by atoms with E-state index in [1.54, 1.807) is 7.05 Å². The van der Waals surface area contributed by atoms with Crippen molar-refractivity contribution < 1.29 is 18.3 Å². The van der Waals surface area contributed by atoms with Crippen LogP contribution in [0.25, 0.3) is 0 Å². The molecule has 0 amide bonds. The van der Waals surface area contributed by atoms with E-state index in [9.17, 15) is 13.2 Å². The predicted molar refractivity (Wildman–Crippen MR) is 80.1 cm³/mol. The normalized spacial score (nSPS) is 26.1. The van der Waals surface area contributed by atoms with Gasteiger partial charge in [0, 0.05) is 26.7 Å². The molecule has 0 bridgehead atoms. The molecule has 0 spiro atoms. The Morgan fingerprint density at radius 2 is 1.86 bits per heavy atom. The van der Waals surface area contributed by atoms with Crippen LogP contribution in [-0.2, 0) is 15.0 Å². The summed E-state index contributed by atoms with van der Waals surface area (Å²) in [6.45, 7) is 1.09. The fourth-order valence-electron chi connectivity index (χ4n) is 3.38. The molecule has 2 aliphatic rings. The molecule has 6 nitrogen and oxygen atoms in total. The average Bonchev–Trinajstić information content (AvgIpc) is 2.48. The first kappa shape index (κ1) is 16.7. The lowest BCUT2D eigenvalue weighted by molar-refractivity contribution is -0.142. The Bertz CT molecular complexity index is 460. The second kappa shape index (κ2) is 7.07. The van der Waals surface area contributed by atoms with E-state index in [0.29, 0.717) is 31.8 Å². The molecule has 0 aromatic rings. The smallest absolute Gasteiger partial charge is 0.307 e. The summed E-state index contributed by atoms with van der Waals surface area (Å²) < 4.78 is 27.9. The first-order valence-electron chi connectivity index (χ1n) is 7.85. The quantitative estimate of drug-likeness (QED) is 0.834. The van der Waals surface area contributed by atoms with Gasteiger partial charge >= 0.3 is 5.97 Å². The van der Waals surface area contributed by atoms with E-state index in [1.807, 2.05) is 0 Å². The van der Waals surface area contributed by atoms with Gasteiger partial charge in [-0.1, -0.05) is 19.3 Å². The average molecular weight is 318 g/mol. The van der Waals surface area contributed by atoms with Gasteiger partial charge in [0.15, 0.2) is 0 Å². The van der Waals surface area contributed by atoms with Crippen LogP contribution in [0.15, 0.2) is 0 Å². The van der Waals surface area contributed by atoms with E-state index >= 15 is 0 Å². The van der Waals surface area contributed by atoms with Crippen molar-refractivity contribution >= 4 is 16.2 Å². The van der Waals surface area contributed by atoms with Crippen molar-refractivity contribution in [1.29, 1.82) is 0 Å². The molecule has 1 saturated carbocycles. The summed E-state index contributed by atoms with van der Waals surface area (Å²) in [7, 11) is -1.91. The number of piperidine rings is 1. The zero-order chi connectivity index (χ0) is 15.5. The van der Waals surface area contributed by atoms with Gasteiger partial charge in [0.25, 0.3) is 10.2 Å². The molecule has 0 aromatic carbocycles. The van der Waals surface area contributed by atoms with Crippen molar-refractivity contribution in [2.75, 3.05) is 26.7 Å². The molecule has 1 N–H and O–H groups in total. The molecule has 1 aliphatic heterocycles. The third kappa shape index (κ3) is 4.17. The lowest BCUT2D eigenvalue weighted by Gasteiger charge is -2.34. The van der Waals surface area contributed by atoms with Crippen molar-refractivity contribution in [3.8, 4) is 0 Å². The summed E-state index contributed by atoms with van der Waals surface area (Å²) in [4.78, 5) is 11.1. The van der Waals surface area contributed by atoms with Crippen LogP contribution in [0.4, 0.5) is 0 Å². The Hall–Kier alpha value is -0.660. The van der Waals surface area contributed by atoms with Crippen molar-refractivity contribution in [3.63, 3.8) is 0 Å². The van der Waals surface area contributed by atoms with Crippen LogP contribution >= 0.6 is 0 Å². The topological polar surface area (TPSA) is 77.9 Å². The standard InChI is InChI=1S/C14H26N2O4S/c1-15(10-12-6-3-2-4-7-12)21(19,20)16-9-5-8-13(11-16)14(17)18/h12-13H,2-11H2,1H3,(H,17,18). The van der Waals surface area contributed by atoms with Gasteiger partial charge in [-0.25, -0.2) is 0 Å². The second-order valence-electron chi connectivity index (χ2n) is 6.33. The summed E-state index contributed by atoms with van der Waals surface area (Å²) in [5.41, 5.74) is 0. The number of carbonyl (C=O) groups is 1. The fourth-order valence-corrected chi connectivity index (χ4v) is 4.90. The summed E-state index contributed by atoms with van der Waals surface area (Å²) in [6.07, 6.45) is 6.99. The number of aliphatic carboxylic acids is 1. The highest BCUT2D eigenvalue weighted by Gasteiger charge is 2.35. The minimum Gasteiger partial charge on any atom is -0.481 e. The van der Waals surface area contributed by atoms with E-state index in [0.717, 1.165) is 12.8 Å². The molecule has 1 unspecified atom stereocenters. The highest BCUT2D eigenvalue weighted by molar-refractivity contribution is 7.86. The predicted octanol–water partition coefficient (Wildman–Crippen LogP) is 1.54. The second-order valence-corrected chi connectivity index (χ2v) is 8.36. The van der Waals surface area contributed by atoms with Gasteiger partial charge < -0.3 is 5.11 Å². The molecule has 1 aliphatic carbocycles. The van der Waals surface area contributed by atoms with Crippen molar-refractivity contribution in [2.45, 2.75) is 44.9 Å². The van der Waals surface area contributed by atoms with Crippen molar-refractivity contribution in [1.82, 2.24) is 8.61 Å². The van der Waals surface area contributed by atoms with Crippen LogP contribution < -0.4 is 0 Å². The highest BCUT2D eigenvalue weighted by atomic mass is 32.2. The molecule has 21 heavy (non-hydrogen) atoms. The zero-order valence-corrected chi connectivity index (χ0v) is 13.5. The molecule has 1 heterocycles. The van der Waals surface area contributed by atoms with Crippen LogP contribution in [-0.4, -0.2) is 54.8 Å². The molecular weight excluding hydrogens is 292 g/mol. The summed E-state index contributed by atoms with van der Waals surface area (Å²) in [6, 6.07) is 0. The fraction of sp³-hybridized carbons (Fsp3) is 0.929. The molecule has 1 saturated heterocycles.